The van der Waals surface area contributed by atoms with E-state index in [0.717, 1.165) is 34.0 Å². The van der Waals surface area contributed by atoms with E-state index in [1.54, 1.807) is 54.6 Å². The van der Waals surface area contributed by atoms with Crippen molar-refractivity contribution in [1.82, 2.24) is 4.90 Å². The average Bonchev–Trinajstić information content (AvgIpc) is 3.14. The number of carbonyl (C=O) groups is 3. The van der Waals surface area contributed by atoms with Crippen molar-refractivity contribution < 1.29 is 22.8 Å². The van der Waals surface area contributed by atoms with Gasteiger partial charge in [0.2, 0.25) is 5.91 Å². The molecule has 8 heteroatoms. The van der Waals surface area contributed by atoms with Crippen molar-refractivity contribution in [2.45, 2.75) is 43.9 Å². The van der Waals surface area contributed by atoms with E-state index in [1.165, 1.54) is 12.1 Å². The highest BCUT2D eigenvalue weighted by molar-refractivity contribution is 7.93. The Morgan fingerprint density at radius 3 is 1.97 bits per heavy atom. The van der Waals surface area contributed by atoms with E-state index < -0.39 is 27.7 Å². The van der Waals surface area contributed by atoms with Gasteiger partial charge < -0.3 is 0 Å². The summed E-state index contributed by atoms with van der Waals surface area (Å²) in [7, 11) is -4.16. The zero-order chi connectivity index (χ0) is 25.7. The van der Waals surface area contributed by atoms with Crippen molar-refractivity contribution in [3.63, 3.8) is 0 Å². The standard InChI is InChI=1S/C28H28N2O5S/c1-2-3-10-21-16-18-22(19-17-21)30(36(34,35)23-11-5-4-6-12-23)26(31)15-9-20-29-27(32)24-13-7-8-14-25(24)28(29)33/h4-8,11-14,16-19H,2-3,9-10,15,20H2,1H3. The summed E-state index contributed by atoms with van der Waals surface area (Å²) in [6.07, 6.45) is 2.91. The zero-order valence-corrected chi connectivity index (χ0v) is 20.9. The highest BCUT2D eigenvalue weighted by Gasteiger charge is 2.35. The lowest BCUT2D eigenvalue weighted by atomic mass is 10.1. The Bertz CT molecular complexity index is 1330. The minimum atomic E-state index is -4.16. The number of nitrogens with zero attached hydrogens (tertiary/aromatic N) is 2. The predicted octanol–water partition coefficient (Wildman–Crippen LogP) is 4.83. The van der Waals surface area contributed by atoms with Crippen LogP contribution < -0.4 is 4.31 Å². The van der Waals surface area contributed by atoms with Gasteiger partial charge in [-0.25, -0.2) is 12.7 Å². The second kappa shape index (κ2) is 10.9. The topological polar surface area (TPSA) is 91.8 Å². The molecule has 0 saturated carbocycles. The molecule has 1 aliphatic rings. The number of benzene rings is 3. The molecule has 0 saturated heterocycles. The molecule has 4 rings (SSSR count). The number of hydrogen-bond acceptors (Lipinski definition) is 5. The molecule has 0 bridgehead atoms. The number of rotatable bonds is 10. The summed E-state index contributed by atoms with van der Waals surface area (Å²) in [4.78, 5) is 39.7. The monoisotopic (exact) mass is 504 g/mol. The minimum absolute atomic E-state index is 0.00811. The summed E-state index contributed by atoms with van der Waals surface area (Å²) in [5.74, 6) is -1.43. The Morgan fingerprint density at radius 2 is 1.39 bits per heavy atom. The molecule has 1 aliphatic heterocycles. The second-order valence-electron chi connectivity index (χ2n) is 8.66. The van der Waals surface area contributed by atoms with Crippen LogP contribution in [0.4, 0.5) is 5.69 Å². The van der Waals surface area contributed by atoms with Crippen LogP contribution in [-0.2, 0) is 21.2 Å². The maximum absolute atomic E-state index is 13.5. The van der Waals surface area contributed by atoms with Gasteiger partial charge in [0.1, 0.15) is 0 Å². The molecular formula is C28H28N2O5S. The van der Waals surface area contributed by atoms with Crippen LogP contribution in [0.2, 0.25) is 0 Å². The van der Waals surface area contributed by atoms with Crippen molar-refractivity contribution in [2.24, 2.45) is 0 Å². The number of imide groups is 1. The van der Waals surface area contributed by atoms with Crippen molar-refractivity contribution in [3.05, 3.63) is 95.6 Å². The van der Waals surface area contributed by atoms with E-state index >= 15 is 0 Å². The zero-order valence-electron chi connectivity index (χ0n) is 20.1. The largest absolute Gasteiger partial charge is 0.274 e. The third-order valence-electron chi connectivity index (χ3n) is 6.15. The van der Waals surface area contributed by atoms with Gasteiger partial charge >= 0.3 is 0 Å². The third kappa shape index (κ3) is 5.09. The number of fused-ring (bicyclic) bond motifs is 1. The summed E-state index contributed by atoms with van der Waals surface area (Å²) in [6, 6.07) is 21.4. The quantitative estimate of drug-likeness (QED) is 0.369. The summed E-state index contributed by atoms with van der Waals surface area (Å²) in [5, 5.41) is 0. The van der Waals surface area contributed by atoms with Crippen molar-refractivity contribution in [3.8, 4) is 0 Å². The molecule has 0 fully saturated rings. The molecule has 0 aromatic heterocycles. The van der Waals surface area contributed by atoms with Crippen molar-refractivity contribution in [1.29, 1.82) is 0 Å². The predicted molar refractivity (Wildman–Crippen MR) is 137 cm³/mol. The molecule has 0 atom stereocenters. The first-order valence-electron chi connectivity index (χ1n) is 12.0. The lowest BCUT2D eigenvalue weighted by molar-refractivity contribution is -0.117. The number of amides is 3. The van der Waals surface area contributed by atoms with Gasteiger partial charge in [-0.1, -0.05) is 55.8 Å². The molecule has 3 aromatic carbocycles. The number of anilines is 1. The Labute approximate surface area is 211 Å². The van der Waals surface area contributed by atoms with Crippen molar-refractivity contribution in [2.75, 3.05) is 10.8 Å². The average molecular weight is 505 g/mol. The molecule has 0 N–H and O–H groups in total. The molecule has 186 valence electrons. The van der Waals surface area contributed by atoms with Gasteiger partial charge in [0.15, 0.2) is 0 Å². The van der Waals surface area contributed by atoms with Crippen molar-refractivity contribution >= 4 is 33.4 Å². The van der Waals surface area contributed by atoms with Crippen LogP contribution in [0.25, 0.3) is 0 Å². The summed E-state index contributed by atoms with van der Waals surface area (Å²) < 4.78 is 27.8. The number of sulfonamides is 1. The number of carbonyl (C=O) groups excluding carboxylic acids is 3. The first-order valence-corrected chi connectivity index (χ1v) is 13.5. The fourth-order valence-electron chi connectivity index (χ4n) is 4.23. The van der Waals surface area contributed by atoms with E-state index in [4.69, 9.17) is 0 Å². The Hall–Kier alpha value is -3.78. The van der Waals surface area contributed by atoms with Crippen LogP contribution in [-0.4, -0.2) is 37.6 Å². The van der Waals surface area contributed by atoms with E-state index in [0.29, 0.717) is 11.1 Å². The van der Waals surface area contributed by atoms with Gasteiger partial charge in [-0.05, 0) is 61.2 Å². The highest BCUT2D eigenvalue weighted by atomic mass is 32.2. The SMILES string of the molecule is CCCCc1ccc(N(C(=O)CCCN2C(=O)c3ccccc3C2=O)S(=O)(=O)c2ccccc2)cc1. The van der Waals surface area contributed by atoms with E-state index in [2.05, 4.69) is 6.92 Å². The Balaban J connectivity index is 1.53. The highest BCUT2D eigenvalue weighted by Crippen LogP contribution is 2.27. The van der Waals surface area contributed by atoms with Gasteiger partial charge in [-0.15, -0.1) is 0 Å². The summed E-state index contributed by atoms with van der Waals surface area (Å²) >= 11 is 0. The molecule has 3 aromatic rings. The van der Waals surface area contributed by atoms with Crippen LogP contribution in [0.1, 0.15) is 58.9 Å². The molecule has 0 unspecified atom stereocenters. The van der Waals surface area contributed by atoms with Crippen LogP contribution in [0.3, 0.4) is 0 Å². The first kappa shape index (κ1) is 25.3. The molecule has 0 aliphatic carbocycles. The Kier molecular flexibility index (Phi) is 7.64. The minimum Gasteiger partial charge on any atom is -0.274 e. The molecule has 0 radical (unpaired) electrons. The van der Waals surface area contributed by atoms with E-state index in [9.17, 15) is 22.8 Å². The van der Waals surface area contributed by atoms with Gasteiger partial charge in [-0.2, -0.15) is 0 Å². The van der Waals surface area contributed by atoms with Crippen LogP contribution in [0.15, 0.2) is 83.8 Å². The molecule has 3 amide bonds. The molecule has 36 heavy (non-hydrogen) atoms. The van der Waals surface area contributed by atoms with Gasteiger partial charge in [-0.3, -0.25) is 19.3 Å². The van der Waals surface area contributed by atoms with Gasteiger partial charge in [0.05, 0.1) is 21.7 Å². The lowest BCUT2D eigenvalue weighted by Crippen LogP contribution is -2.38. The van der Waals surface area contributed by atoms with Crippen LogP contribution in [0, 0.1) is 0 Å². The van der Waals surface area contributed by atoms with E-state index in [-0.39, 0.29) is 30.0 Å². The number of aryl methyl sites for hydroxylation is 1. The van der Waals surface area contributed by atoms with Crippen LogP contribution >= 0.6 is 0 Å². The summed E-state index contributed by atoms with van der Waals surface area (Å²) in [6.45, 7) is 2.12. The third-order valence-corrected chi connectivity index (χ3v) is 7.91. The molecule has 7 nitrogen and oxygen atoms in total. The molecule has 1 heterocycles. The molecule has 0 spiro atoms. The van der Waals surface area contributed by atoms with Gasteiger partial charge in [0, 0.05) is 13.0 Å². The lowest BCUT2D eigenvalue weighted by Gasteiger charge is -2.23. The number of unbranched alkanes of at least 4 members (excludes halogenated alkanes) is 1. The van der Waals surface area contributed by atoms with Gasteiger partial charge in [0.25, 0.3) is 21.8 Å². The normalized spacial score (nSPS) is 13.1. The smallest absolute Gasteiger partial charge is 0.270 e. The second-order valence-corrected chi connectivity index (χ2v) is 10.4. The van der Waals surface area contributed by atoms with E-state index in [1.807, 2.05) is 12.1 Å². The number of hydrogen-bond donors (Lipinski definition) is 0. The summed E-state index contributed by atoms with van der Waals surface area (Å²) in [5.41, 5.74) is 2.00. The fraction of sp³-hybridized carbons (Fsp3) is 0.250. The molecular weight excluding hydrogens is 476 g/mol. The van der Waals surface area contributed by atoms with Crippen LogP contribution in [0.5, 0.6) is 0 Å². The fourth-order valence-corrected chi connectivity index (χ4v) is 5.70. The maximum Gasteiger partial charge on any atom is 0.270 e. The maximum atomic E-state index is 13.5. The Morgan fingerprint density at radius 1 is 0.806 bits per heavy atom. The first-order chi connectivity index (χ1) is 17.3.